The van der Waals surface area contributed by atoms with Crippen molar-refractivity contribution in [3.63, 3.8) is 0 Å². The Bertz CT molecular complexity index is 751. The van der Waals surface area contributed by atoms with Crippen LogP contribution >= 0.6 is 24.8 Å². The van der Waals surface area contributed by atoms with Crippen LogP contribution in [0.2, 0.25) is 0 Å². The largest absolute Gasteiger partial charge is 0.464 e. The Morgan fingerprint density at radius 1 is 1.50 bits per heavy atom. The van der Waals surface area contributed by atoms with E-state index in [1.807, 2.05) is 0 Å². The van der Waals surface area contributed by atoms with Gasteiger partial charge in [0.05, 0.1) is 17.5 Å². The minimum Gasteiger partial charge on any atom is -0.464 e. The molecule has 0 radical (unpaired) electrons. The number of hydrogen-bond acceptors (Lipinski definition) is 5. The highest BCUT2D eigenvalue weighted by molar-refractivity contribution is 7.80. The van der Waals surface area contributed by atoms with E-state index in [0.29, 0.717) is 10.9 Å². The fraction of sp³-hybridized carbons (Fsp3) is 0.308. The number of nitrogens with zero attached hydrogens (tertiary/aromatic N) is 1. The maximum atomic E-state index is 12.5. The van der Waals surface area contributed by atoms with E-state index in [1.165, 1.54) is 4.57 Å². The van der Waals surface area contributed by atoms with E-state index in [4.69, 9.17) is 17.0 Å². The Balaban J connectivity index is 2.67. The van der Waals surface area contributed by atoms with Crippen molar-refractivity contribution in [1.82, 2.24) is 9.55 Å². The lowest BCUT2D eigenvalue weighted by atomic mass is 10.2. The van der Waals surface area contributed by atoms with Crippen LogP contribution in [-0.4, -0.2) is 27.9 Å². The average molecular weight is 310 g/mol. The third-order valence-corrected chi connectivity index (χ3v) is 3.52. The Kier molecular flexibility index (Phi) is 4.61. The Hall–Kier alpha value is -1.60. The summed E-state index contributed by atoms with van der Waals surface area (Å²) in [6, 6.07) is 6.17. The smallest absolute Gasteiger partial charge is 0.330 e. The summed E-state index contributed by atoms with van der Waals surface area (Å²) in [5.41, 5.74) is 0.317. The van der Waals surface area contributed by atoms with Crippen LogP contribution in [0.5, 0.6) is 0 Å². The summed E-state index contributed by atoms with van der Waals surface area (Å²) >= 11 is 9.31. The highest BCUT2D eigenvalue weighted by atomic mass is 32.1. The van der Waals surface area contributed by atoms with E-state index >= 15 is 0 Å². The number of nitrogens with one attached hydrogen (secondary N) is 1. The lowest BCUT2D eigenvalue weighted by Crippen LogP contribution is -2.33. The quantitative estimate of drug-likeness (QED) is 0.516. The standard InChI is InChI=1S/C13H14N2O3S2/c1-2-18-12(17)10(7-19)15-11(16)8-5-3-4-6-9(8)14-13(15)20/h3-6,10,19H,2,7H2,1H3,(H,14,20)/t10-/m0/s1. The van der Waals surface area contributed by atoms with E-state index in [1.54, 1.807) is 31.2 Å². The summed E-state index contributed by atoms with van der Waals surface area (Å²) < 4.78 is 6.37. The topological polar surface area (TPSA) is 64.1 Å². The van der Waals surface area contributed by atoms with Gasteiger partial charge in [0.15, 0.2) is 4.77 Å². The first-order chi connectivity index (χ1) is 9.60. The number of carbonyl (C=O) groups is 1. The number of H-pyrrole nitrogens is 1. The number of aromatic amines is 1. The number of ether oxygens (including phenoxy) is 1. The lowest BCUT2D eigenvalue weighted by molar-refractivity contribution is -0.146. The number of benzene rings is 1. The van der Waals surface area contributed by atoms with Gasteiger partial charge >= 0.3 is 5.97 Å². The molecule has 20 heavy (non-hydrogen) atoms. The average Bonchev–Trinajstić information content (AvgIpc) is 2.43. The maximum Gasteiger partial charge on any atom is 0.330 e. The molecule has 1 aromatic carbocycles. The van der Waals surface area contributed by atoms with Gasteiger partial charge in [-0.25, -0.2) is 4.79 Å². The minimum absolute atomic E-state index is 0.133. The molecule has 0 spiro atoms. The number of thiol groups is 1. The lowest BCUT2D eigenvalue weighted by Gasteiger charge is -2.16. The van der Waals surface area contributed by atoms with Crippen LogP contribution in [0.25, 0.3) is 10.9 Å². The van der Waals surface area contributed by atoms with Crippen LogP contribution in [0, 0.1) is 4.77 Å². The van der Waals surface area contributed by atoms with Crippen molar-refractivity contribution in [3.8, 4) is 0 Å². The molecule has 0 aliphatic carbocycles. The predicted octanol–water partition coefficient (Wildman–Crippen LogP) is 2.09. The van der Waals surface area contributed by atoms with Gasteiger partial charge in [-0.05, 0) is 31.3 Å². The summed E-state index contributed by atoms with van der Waals surface area (Å²) in [7, 11) is 0. The van der Waals surface area contributed by atoms with Crippen LogP contribution in [0.1, 0.15) is 13.0 Å². The summed E-state index contributed by atoms with van der Waals surface area (Å²) in [6.45, 7) is 1.94. The van der Waals surface area contributed by atoms with Crippen molar-refractivity contribution in [2.45, 2.75) is 13.0 Å². The van der Waals surface area contributed by atoms with Gasteiger partial charge in [0, 0.05) is 5.75 Å². The zero-order valence-electron chi connectivity index (χ0n) is 10.8. The van der Waals surface area contributed by atoms with Crippen molar-refractivity contribution in [2.24, 2.45) is 0 Å². The van der Waals surface area contributed by atoms with E-state index in [2.05, 4.69) is 17.6 Å². The van der Waals surface area contributed by atoms with Gasteiger partial charge in [-0.3, -0.25) is 9.36 Å². The number of fused-ring (bicyclic) bond motifs is 1. The fourth-order valence-corrected chi connectivity index (χ4v) is 2.59. The maximum absolute atomic E-state index is 12.5. The molecule has 2 rings (SSSR count). The Morgan fingerprint density at radius 2 is 2.20 bits per heavy atom. The van der Waals surface area contributed by atoms with Gasteiger partial charge in [-0.2, -0.15) is 12.6 Å². The van der Waals surface area contributed by atoms with Crippen LogP contribution < -0.4 is 5.56 Å². The van der Waals surface area contributed by atoms with Gasteiger partial charge in [-0.15, -0.1) is 0 Å². The second kappa shape index (κ2) is 6.23. The van der Waals surface area contributed by atoms with Gasteiger partial charge < -0.3 is 9.72 Å². The molecular weight excluding hydrogens is 296 g/mol. The molecule has 1 N–H and O–H groups in total. The molecule has 7 heteroatoms. The van der Waals surface area contributed by atoms with Crippen LogP contribution in [0.15, 0.2) is 29.1 Å². The number of rotatable bonds is 4. The number of hydrogen-bond donors (Lipinski definition) is 2. The highest BCUT2D eigenvalue weighted by Crippen LogP contribution is 2.13. The summed E-state index contributed by atoms with van der Waals surface area (Å²) in [6.07, 6.45) is 0. The molecule has 0 bridgehead atoms. The van der Waals surface area contributed by atoms with Crippen molar-refractivity contribution in [3.05, 3.63) is 39.4 Å². The molecule has 1 atom stereocenters. The van der Waals surface area contributed by atoms with Crippen LogP contribution in [-0.2, 0) is 9.53 Å². The molecule has 2 aromatic rings. The first kappa shape index (κ1) is 14.8. The van der Waals surface area contributed by atoms with Crippen LogP contribution in [0.4, 0.5) is 0 Å². The van der Waals surface area contributed by atoms with Crippen molar-refractivity contribution in [2.75, 3.05) is 12.4 Å². The molecule has 1 aromatic heterocycles. The van der Waals surface area contributed by atoms with E-state index < -0.39 is 12.0 Å². The molecule has 0 aliphatic heterocycles. The molecule has 1 heterocycles. The number of aromatic nitrogens is 2. The zero-order valence-corrected chi connectivity index (χ0v) is 12.5. The molecule has 0 fully saturated rings. The first-order valence-corrected chi connectivity index (χ1v) is 7.15. The fourth-order valence-electron chi connectivity index (χ4n) is 1.96. The van der Waals surface area contributed by atoms with Crippen molar-refractivity contribution < 1.29 is 9.53 Å². The third kappa shape index (κ3) is 2.64. The molecule has 5 nitrogen and oxygen atoms in total. The van der Waals surface area contributed by atoms with Gasteiger partial charge in [0.1, 0.15) is 6.04 Å². The highest BCUT2D eigenvalue weighted by Gasteiger charge is 2.23. The number of para-hydroxylation sites is 1. The van der Waals surface area contributed by atoms with Crippen molar-refractivity contribution in [1.29, 1.82) is 0 Å². The van der Waals surface area contributed by atoms with Gasteiger partial charge in [0.25, 0.3) is 5.56 Å². The number of esters is 1. The summed E-state index contributed by atoms with van der Waals surface area (Å²) in [4.78, 5) is 27.4. The van der Waals surface area contributed by atoms with Gasteiger partial charge in [0.2, 0.25) is 0 Å². The monoisotopic (exact) mass is 310 g/mol. The van der Waals surface area contributed by atoms with Gasteiger partial charge in [-0.1, -0.05) is 12.1 Å². The first-order valence-electron chi connectivity index (χ1n) is 6.11. The molecule has 0 unspecified atom stereocenters. The predicted molar refractivity (Wildman–Crippen MR) is 82.9 cm³/mol. The molecule has 106 valence electrons. The summed E-state index contributed by atoms with van der Waals surface area (Å²) in [5.74, 6) is -0.381. The second-order valence-corrected chi connectivity index (χ2v) is 4.85. The second-order valence-electron chi connectivity index (χ2n) is 4.10. The minimum atomic E-state index is -0.834. The zero-order chi connectivity index (χ0) is 14.7. The Labute approximate surface area is 126 Å². The normalized spacial score (nSPS) is 12.3. The molecule has 0 saturated heterocycles. The van der Waals surface area contributed by atoms with E-state index in [0.717, 1.165) is 0 Å². The Morgan fingerprint density at radius 3 is 2.85 bits per heavy atom. The molecule has 0 amide bonds. The summed E-state index contributed by atoms with van der Waals surface area (Å²) in [5, 5.41) is 0.470. The van der Waals surface area contributed by atoms with E-state index in [-0.39, 0.29) is 22.7 Å². The van der Waals surface area contributed by atoms with Crippen LogP contribution in [0.3, 0.4) is 0 Å². The van der Waals surface area contributed by atoms with Crippen molar-refractivity contribution >= 4 is 41.7 Å². The van der Waals surface area contributed by atoms with E-state index in [9.17, 15) is 9.59 Å². The molecular formula is C13H14N2O3S2. The molecule has 0 aliphatic rings. The molecule has 0 saturated carbocycles. The SMILES string of the molecule is CCOC(=O)[C@H](CS)n1c(=S)[nH]c2ccccc2c1=O. The third-order valence-electron chi connectivity index (χ3n) is 2.88. The number of carbonyl (C=O) groups excluding carboxylic acids is 1.